The molecule has 0 radical (unpaired) electrons. The summed E-state index contributed by atoms with van der Waals surface area (Å²) in [6.45, 7) is 4.50. The lowest BCUT2D eigenvalue weighted by Crippen LogP contribution is -2.33. The molecule has 1 saturated heterocycles. The lowest BCUT2D eigenvalue weighted by molar-refractivity contribution is -0.137. The molecule has 0 bridgehead atoms. The number of halogens is 3. The summed E-state index contributed by atoms with van der Waals surface area (Å²) in [5.74, 6) is 2.01. The van der Waals surface area contributed by atoms with E-state index in [2.05, 4.69) is 9.88 Å². The molecule has 0 saturated carbocycles. The summed E-state index contributed by atoms with van der Waals surface area (Å²) in [5, 5.41) is 0. The molecule has 0 atom stereocenters. The zero-order valence-corrected chi connectivity index (χ0v) is 15.8. The van der Waals surface area contributed by atoms with Gasteiger partial charge < -0.3 is 14.4 Å². The molecule has 1 aromatic heterocycles. The number of para-hydroxylation sites is 2. The fourth-order valence-electron chi connectivity index (χ4n) is 3.19. The van der Waals surface area contributed by atoms with Crippen molar-refractivity contribution in [3.8, 4) is 11.5 Å². The lowest BCUT2D eigenvalue weighted by atomic mass is 10.2. The third-order valence-corrected chi connectivity index (χ3v) is 4.72. The van der Waals surface area contributed by atoms with Crippen molar-refractivity contribution in [1.29, 1.82) is 0 Å². The minimum Gasteiger partial charge on any atom is -0.493 e. The lowest BCUT2D eigenvalue weighted by Gasteiger charge is -2.23. The molecular formula is C20H24F3N3O2. The minimum atomic E-state index is -4.36. The van der Waals surface area contributed by atoms with Gasteiger partial charge >= 0.3 is 6.18 Å². The molecule has 28 heavy (non-hydrogen) atoms. The number of hydrogen-bond donors (Lipinski definition) is 0. The third-order valence-electron chi connectivity index (χ3n) is 4.72. The molecule has 5 nitrogen and oxygen atoms in total. The van der Waals surface area contributed by atoms with E-state index in [0.29, 0.717) is 24.7 Å². The van der Waals surface area contributed by atoms with E-state index < -0.39 is 11.7 Å². The highest BCUT2D eigenvalue weighted by molar-refractivity contribution is 5.40. The van der Waals surface area contributed by atoms with Gasteiger partial charge in [0.1, 0.15) is 12.4 Å². The molecule has 152 valence electrons. The van der Waals surface area contributed by atoms with Gasteiger partial charge in [-0.15, -0.1) is 0 Å². The van der Waals surface area contributed by atoms with Gasteiger partial charge in [0, 0.05) is 38.9 Å². The normalized spacial score (nSPS) is 15.9. The summed E-state index contributed by atoms with van der Waals surface area (Å²) in [6, 6.07) is 10.1. The van der Waals surface area contributed by atoms with E-state index in [4.69, 9.17) is 9.47 Å². The van der Waals surface area contributed by atoms with Crippen molar-refractivity contribution in [2.24, 2.45) is 0 Å². The molecule has 0 amide bonds. The third kappa shape index (κ3) is 5.28. The fourth-order valence-corrected chi connectivity index (χ4v) is 3.19. The number of alkyl halides is 3. The maximum Gasteiger partial charge on any atom is 0.417 e. The van der Waals surface area contributed by atoms with Gasteiger partial charge in [-0.25, -0.2) is 4.98 Å². The number of methoxy groups -OCH3 is 1. The number of hydrogen-bond acceptors (Lipinski definition) is 5. The van der Waals surface area contributed by atoms with Gasteiger partial charge in [-0.1, -0.05) is 12.1 Å². The van der Waals surface area contributed by atoms with E-state index in [0.717, 1.165) is 50.6 Å². The zero-order chi connectivity index (χ0) is 20.0. The molecular weight excluding hydrogens is 371 g/mol. The van der Waals surface area contributed by atoms with E-state index in [1.54, 1.807) is 7.11 Å². The van der Waals surface area contributed by atoms with Gasteiger partial charge in [0.2, 0.25) is 0 Å². The number of benzene rings is 1. The van der Waals surface area contributed by atoms with Crippen molar-refractivity contribution in [3.05, 3.63) is 48.2 Å². The van der Waals surface area contributed by atoms with Crippen LogP contribution >= 0.6 is 0 Å². The molecule has 8 heteroatoms. The molecule has 0 aliphatic carbocycles. The predicted octanol–water partition coefficient (Wildman–Crippen LogP) is 3.70. The molecule has 2 aromatic rings. The molecule has 1 aliphatic rings. The average Bonchev–Trinajstić information content (AvgIpc) is 2.93. The Morgan fingerprint density at radius 3 is 2.46 bits per heavy atom. The Morgan fingerprint density at radius 2 is 1.79 bits per heavy atom. The van der Waals surface area contributed by atoms with Crippen LogP contribution in [0.2, 0.25) is 0 Å². The summed E-state index contributed by atoms with van der Waals surface area (Å²) >= 11 is 0. The Hall–Kier alpha value is -2.48. The number of anilines is 1. The van der Waals surface area contributed by atoms with Gasteiger partial charge in [0.15, 0.2) is 11.5 Å². The van der Waals surface area contributed by atoms with Crippen LogP contribution in [-0.4, -0.2) is 56.3 Å². The summed E-state index contributed by atoms with van der Waals surface area (Å²) in [7, 11) is 1.61. The maximum atomic E-state index is 12.7. The summed E-state index contributed by atoms with van der Waals surface area (Å²) in [4.78, 5) is 8.33. The second-order valence-electron chi connectivity index (χ2n) is 6.58. The first-order valence-corrected chi connectivity index (χ1v) is 9.24. The van der Waals surface area contributed by atoms with E-state index in [-0.39, 0.29) is 0 Å². The van der Waals surface area contributed by atoms with Crippen molar-refractivity contribution in [3.63, 3.8) is 0 Å². The van der Waals surface area contributed by atoms with Crippen LogP contribution in [0.4, 0.5) is 19.0 Å². The number of aromatic nitrogens is 1. The Bertz CT molecular complexity index is 753. The highest BCUT2D eigenvalue weighted by Gasteiger charge is 2.31. The molecule has 1 fully saturated rings. The summed E-state index contributed by atoms with van der Waals surface area (Å²) < 4.78 is 49.2. The molecule has 0 N–H and O–H groups in total. The number of rotatable bonds is 6. The van der Waals surface area contributed by atoms with Crippen LogP contribution in [0.3, 0.4) is 0 Å². The molecule has 3 rings (SSSR count). The summed E-state index contributed by atoms with van der Waals surface area (Å²) in [5.41, 5.74) is -0.721. The van der Waals surface area contributed by atoms with Gasteiger partial charge in [-0.3, -0.25) is 4.90 Å². The number of nitrogens with zero attached hydrogens (tertiary/aromatic N) is 3. The van der Waals surface area contributed by atoms with Crippen LogP contribution in [0.25, 0.3) is 0 Å². The quantitative estimate of drug-likeness (QED) is 0.746. The molecule has 0 unspecified atom stereocenters. The van der Waals surface area contributed by atoms with Crippen molar-refractivity contribution in [1.82, 2.24) is 9.88 Å². The van der Waals surface area contributed by atoms with Gasteiger partial charge in [0.25, 0.3) is 0 Å². The van der Waals surface area contributed by atoms with E-state index in [1.807, 2.05) is 29.2 Å². The van der Waals surface area contributed by atoms with E-state index >= 15 is 0 Å². The van der Waals surface area contributed by atoms with E-state index in [9.17, 15) is 13.2 Å². The van der Waals surface area contributed by atoms with Gasteiger partial charge in [0.05, 0.1) is 12.7 Å². The monoisotopic (exact) mass is 395 g/mol. The summed E-state index contributed by atoms with van der Waals surface area (Å²) in [6.07, 6.45) is -2.54. The molecule has 0 spiro atoms. The van der Waals surface area contributed by atoms with Crippen LogP contribution in [0, 0.1) is 0 Å². The first-order valence-electron chi connectivity index (χ1n) is 9.24. The fraction of sp³-hybridized carbons (Fsp3) is 0.450. The Kier molecular flexibility index (Phi) is 6.61. The van der Waals surface area contributed by atoms with Crippen molar-refractivity contribution < 1.29 is 22.6 Å². The minimum absolute atomic E-state index is 0.541. The van der Waals surface area contributed by atoms with Crippen LogP contribution < -0.4 is 14.4 Å². The molecule has 1 aromatic carbocycles. The smallest absolute Gasteiger partial charge is 0.417 e. The first kappa shape index (κ1) is 20.3. The highest BCUT2D eigenvalue weighted by Crippen LogP contribution is 2.29. The van der Waals surface area contributed by atoms with Gasteiger partial charge in [-0.2, -0.15) is 13.2 Å². The Labute approximate surface area is 162 Å². The highest BCUT2D eigenvalue weighted by atomic mass is 19.4. The zero-order valence-electron chi connectivity index (χ0n) is 15.8. The van der Waals surface area contributed by atoms with Crippen molar-refractivity contribution in [2.45, 2.75) is 12.6 Å². The van der Waals surface area contributed by atoms with E-state index in [1.165, 1.54) is 6.07 Å². The number of ether oxygens (including phenoxy) is 2. The van der Waals surface area contributed by atoms with Crippen LogP contribution in [0.1, 0.15) is 12.0 Å². The maximum absolute atomic E-state index is 12.7. The Morgan fingerprint density at radius 1 is 1.00 bits per heavy atom. The van der Waals surface area contributed by atoms with Gasteiger partial charge in [-0.05, 0) is 30.7 Å². The van der Waals surface area contributed by atoms with Crippen molar-refractivity contribution in [2.75, 3.05) is 51.3 Å². The molecule has 2 heterocycles. The average molecular weight is 395 g/mol. The number of pyridine rings is 1. The molecule has 1 aliphatic heterocycles. The standard InChI is InChI=1S/C20H24F3N3O2/c1-27-17-5-2-3-6-18(17)28-14-13-25-9-4-10-26(12-11-25)19-8-7-16(15-24-19)20(21,22)23/h2-3,5-8,15H,4,9-14H2,1H3. The Balaban J connectivity index is 1.49. The second kappa shape index (κ2) is 9.14. The van der Waals surface area contributed by atoms with Crippen LogP contribution in [-0.2, 0) is 6.18 Å². The largest absolute Gasteiger partial charge is 0.493 e. The first-order chi connectivity index (χ1) is 13.5. The SMILES string of the molecule is COc1ccccc1OCCN1CCCN(c2ccc(C(F)(F)F)cn2)CC1. The topological polar surface area (TPSA) is 37.8 Å². The van der Waals surface area contributed by atoms with Crippen LogP contribution in [0.5, 0.6) is 11.5 Å². The second-order valence-corrected chi connectivity index (χ2v) is 6.58. The van der Waals surface area contributed by atoms with Crippen molar-refractivity contribution >= 4 is 5.82 Å². The predicted molar refractivity (Wildman–Crippen MR) is 101 cm³/mol. The van der Waals surface area contributed by atoms with Crippen LogP contribution in [0.15, 0.2) is 42.6 Å².